The van der Waals surface area contributed by atoms with Crippen LogP contribution in [0.4, 0.5) is 0 Å². The van der Waals surface area contributed by atoms with Gasteiger partial charge >= 0.3 is 0 Å². The lowest BCUT2D eigenvalue weighted by atomic mass is 10.0. The van der Waals surface area contributed by atoms with Gasteiger partial charge in [0.05, 0.1) is 16.4 Å². The number of nitrogens with zero attached hydrogens (tertiary/aromatic N) is 4. The molecule has 0 aliphatic carbocycles. The molecule has 6 nitrogen and oxygen atoms in total. The maximum atomic E-state index is 13.3. The quantitative estimate of drug-likeness (QED) is 0.638. The summed E-state index contributed by atoms with van der Waals surface area (Å²) in [5.74, 6) is 0. The average Bonchev–Trinajstić information content (AvgIpc) is 2.90. The zero-order valence-corrected chi connectivity index (χ0v) is 19.0. The second kappa shape index (κ2) is 8.27. The molecule has 2 aromatic rings. The standard InChI is InChI=1S/C17H23Cl3N4O2S/c1-17(2,22(3)4)10-24(9-12-6-7-13(18)14(19)8-12)27(25,26)16-15(20)23(5)11-21-16/h6-8,11H,9-10H2,1-5H3. The van der Waals surface area contributed by atoms with E-state index in [9.17, 15) is 8.42 Å². The van der Waals surface area contributed by atoms with Crippen LogP contribution in [0.3, 0.4) is 0 Å². The lowest BCUT2D eigenvalue weighted by molar-refractivity contribution is 0.156. The lowest BCUT2D eigenvalue weighted by Gasteiger charge is -2.37. The van der Waals surface area contributed by atoms with Crippen molar-refractivity contribution in [3.05, 3.63) is 45.3 Å². The van der Waals surface area contributed by atoms with Crippen molar-refractivity contribution >= 4 is 44.8 Å². The zero-order valence-electron chi connectivity index (χ0n) is 15.9. The Labute approximate surface area is 175 Å². The number of rotatable bonds is 7. The number of aromatic nitrogens is 2. The number of benzene rings is 1. The van der Waals surface area contributed by atoms with Crippen molar-refractivity contribution in [1.29, 1.82) is 0 Å². The molecule has 27 heavy (non-hydrogen) atoms. The van der Waals surface area contributed by atoms with Crippen molar-refractivity contribution in [2.45, 2.75) is 31.0 Å². The summed E-state index contributed by atoms with van der Waals surface area (Å²) in [4.78, 5) is 5.96. The van der Waals surface area contributed by atoms with Crippen molar-refractivity contribution in [1.82, 2.24) is 18.8 Å². The first-order chi connectivity index (χ1) is 12.4. The summed E-state index contributed by atoms with van der Waals surface area (Å²) in [7, 11) is 1.51. The molecule has 0 aliphatic heterocycles. The zero-order chi connectivity index (χ0) is 20.6. The van der Waals surface area contributed by atoms with Crippen molar-refractivity contribution < 1.29 is 8.42 Å². The fraction of sp³-hybridized carbons (Fsp3) is 0.471. The highest BCUT2D eigenvalue weighted by Crippen LogP contribution is 2.28. The summed E-state index contributed by atoms with van der Waals surface area (Å²) < 4.78 is 29.4. The van der Waals surface area contributed by atoms with Crippen LogP contribution in [0.2, 0.25) is 15.2 Å². The maximum Gasteiger partial charge on any atom is 0.264 e. The average molecular weight is 454 g/mol. The van der Waals surface area contributed by atoms with Gasteiger partial charge in [-0.1, -0.05) is 40.9 Å². The van der Waals surface area contributed by atoms with E-state index in [-0.39, 0.29) is 23.3 Å². The molecule has 0 spiro atoms. The van der Waals surface area contributed by atoms with Gasteiger partial charge in [0.25, 0.3) is 10.0 Å². The van der Waals surface area contributed by atoms with Gasteiger partial charge < -0.3 is 9.47 Å². The number of hydrogen-bond donors (Lipinski definition) is 0. The van der Waals surface area contributed by atoms with Crippen molar-refractivity contribution in [3.63, 3.8) is 0 Å². The molecule has 2 rings (SSSR count). The SMILES string of the molecule is CN(C)C(C)(C)CN(Cc1ccc(Cl)c(Cl)c1)S(=O)(=O)c1ncn(C)c1Cl. The van der Waals surface area contributed by atoms with Gasteiger partial charge in [-0.05, 0) is 45.6 Å². The third-order valence-corrected chi connectivity index (χ3v) is 7.56. The van der Waals surface area contributed by atoms with Crippen LogP contribution in [-0.4, -0.2) is 53.4 Å². The summed E-state index contributed by atoms with van der Waals surface area (Å²) in [6.07, 6.45) is 1.38. The van der Waals surface area contributed by atoms with Gasteiger partial charge in [-0.3, -0.25) is 0 Å². The van der Waals surface area contributed by atoms with E-state index >= 15 is 0 Å². The molecule has 0 fully saturated rings. The number of hydrogen-bond acceptors (Lipinski definition) is 4. The molecule has 0 radical (unpaired) electrons. The van der Waals surface area contributed by atoms with Crippen molar-refractivity contribution in [3.8, 4) is 0 Å². The number of likely N-dealkylation sites (N-methyl/N-ethyl adjacent to an activating group) is 1. The highest BCUT2D eigenvalue weighted by Gasteiger charge is 2.35. The summed E-state index contributed by atoms with van der Waals surface area (Å²) in [6.45, 7) is 4.27. The summed E-state index contributed by atoms with van der Waals surface area (Å²) in [6, 6.07) is 5.06. The van der Waals surface area contributed by atoms with Crippen LogP contribution in [0.15, 0.2) is 29.6 Å². The van der Waals surface area contributed by atoms with Crippen LogP contribution < -0.4 is 0 Å². The summed E-state index contributed by atoms with van der Waals surface area (Å²) in [5.41, 5.74) is 0.291. The molecular formula is C17H23Cl3N4O2S. The third kappa shape index (κ3) is 4.96. The Morgan fingerprint density at radius 2 is 1.78 bits per heavy atom. The lowest BCUT2D eigenvalue weighted by Crippen LogP contribution is -2.49. The predicted octanol–water partition coefficient (Wildman–Crippen LogP) is 3.91. The molecule has 0 aliphatic rings. The number of aryl methyl sites for hydroxylation is 1. The van der Waals surface area contributed by atoms with Gasteiger partial charge in [-0.2, -0.15) is 4.31 Å². The molecule has 10 heteroatoms. The molecule has 0 atom stereocenters. The van der Waals surface area contributed by atoms with Crippen molar-refractivity contribution in [2.24, 2.45) is 7.05 Å². The summed E-state index contributed by atoms with van der Waals surface area (Å²) >= 11 is 18.2. The van der Waals surface area contributed by atoms with E-state index in [0.717, 1.165) is 5.56 Å². The minimum Gasteiger partial charge on any atom is -0.324 e. The van der Waals surface area contributed by atoms with E-state index in [4.69, 9.17) is 34.8 Å². The Morgan fingerprint density at radius 3 is 2.26 bits per heavy atom. The van der Waals surface area contributed by atoms with Gasteiger partial charge in [-0.15, -0.1) is 0 Å². The molecule has 0 saturated carbocycles. The van der Waals surface area contributed by atoms with E-state index in [1.54, 1.807) is 25.2 Å². The fourth-order valence-electron chi connectivity index (χ4n) is 2.33. The Morgan fingerprint density at radius 1 is 1.15 bits per heavy atom. The minimum atomic E-state index is -3.93. The number of imidazole rings is 1. The highest BCUT2D eigenvalue weighted by molar-refractivity contribution is 7.89. The van der Waals surface area contributed by atoms with E-state index < -0.39 is 15.6 Å². The van der Waals surface area contributed by atoms with Crippen LogP contribution in [0, 0.1) is 0 Å². The Kier molecular flexibility index (Phi) is 6.88. The van der Waals surface area contributed by atoms with E-state index in [1.165, 1.54) is 15.2 Å². The number of sulfonamides is 1. The van der Waals surface area contributed by atoms with Crippen LogP contribution in [-0.2, 0) is 23.6 Å². The maximum absolute atomic E-state index is 13.3. The molecule has 1 heterocycles. The fourth-order valence-corrected chi connectivity index (χ4v) is 4.62. The largest absolute Gasteiger partial charge is 0.324 e. The topological polar surface area (TPSA) is 58.4 Å². The monoisotopic (exact) mass is 452 g/mol. The predicted molar refractivity (Wildman–Crippen MR) is 110 cm³/mol. The molecule has 0 amide bonds. The second-order valence-corrected chi connectivity index (χ2v) is 10.2. The molecule has 1 aromatic heterocycles. The van der Waals surface area contributed by atoms with Gasteiger partial charge in [0, 0.05) is 25.7 Å². The molecule has 0 saturated heterocycles. The normalized spacial score (nSPS) is 13.0. The van der Waals surface area contributed by atoms with Gasteiger partial charge in [0.2, 0.25) is 5.03 Å². The van der Waals surface area contributed by atoms with Crippen LogP contribution in [0.5, 0.6) is 0 Å². The van der Waals surface area contributed by atoms with Crippen molar-refractivity contribution in [2.75, 3.05) is 20.6 Å². The van der Waals surface area contributed by atoms with Gasteiger partial charge in [0.1, 0.15) is 5.15 Å². The Bertz CT molecular complexity index is 926. The van der Waals surface area contributed by atoms with Gasteiger partial charge in [-0.25, -0.2) is 13.4 Å². The Hall–Kier alpha value is -0.830. The minimum absolute atomic E-state index is 0.0665. The summed E-state index contributed by atoms with van der Waals surface area (Å²) in [5, 5.41) is 0.684. The van der Waals surface area contributed by atoms with Crippen LogP contribution in [0.1, 0.15) is 19.4 Å². The van der Waals surface area contributed by atoms with Crippen LogP contribution in [0.25, 0.3) is 0 Å². The molecule has 150 valence electrons. The number of halogens is 3. The molecule has 0 bridgehead atoms. The third-order valence-electron chi connectivity index (χ3n) is 4.54. The molecule has 0 N–H and O–H groups in total. The first-order valence-corrected chi connectivity index (χ1v) is 10.7. The van der Waals surface area contributed by atoms with E-state index in [1.807, 2.05) is 32.8 Å². The smallest absolute Gasteiger partial charge is 0.264 e. The second-order valence-electron chi connectivity index (χ2n) is 7.18. The first-order valence-electron chi connectivity index (χ1n) is 8.14. The molecule has 0 unspecified atom stereocenters. The Balaban J connectivity index is 2.48. The molecule has 1 aromatic carbocycles. The highest BCUT2D eigenvalue weighted by atomic mass is 35.5. The molecular weight excluding hydrogens is 431 g/mol. The van der Waals surface area contributed by atoms with E-state index in [2.05, 4.69) is 4.98 Å². The van der Waals surface area contributed by atoms with Gasteiger partial charge in [0.15, 0.2) is 0 Å². The van der Waals surface area contributed by atoms with E-state index in [0.29, 0.717) is 10.0 Å². The first kappa shape index (κ1) is 22.5. The van der Waals surface area contributed by atoms with Crippen LogP contribution >= 0.6 is 34.8 Å².